The summed E-state index contributed by atoms with van der Waals surface area (Å²) < 4.78 is 59.0. The molecule has 0 radical (unpaired) electrons. The average Bonchev–Trinajstić information content (AvgIpc) is 2.76. The van der Waals surface area contributed by atoms with Gasteiger partial charge in [0.2, 0.25) is 5.43 Å². The summed E-state index contributed by atoms with van der Waals surface area (Å²) in [5.41, 5.74) is -2.53. The minimum absolute atomic E-state index is 0.114. The molecule has 1 saturated heterocycles. The lowest BCUT2D eigenvalue weighted by atomic mass is 10.0. The molecule has 0 unspecified atom stereocenters. The zero-order chi connectivity index (χ0) is 24.9. The fraction of sp³-hybridized carbons (Fsp3) is 0.304. The second kappa shape index (κ2) is 8.53. The number of benzene rings is 2. The van der Waals surface area contributed by atoms with Crippen molar-refractivity contribution < 1.29 is 27.5 Å². The van der Waals surface area contributed by atoms with Crippen LogP contribution in [0.4, 0.5) is 28.9 Å². The molecular formula is C23H21F4N3O3S. The van der Waals surface area contributed by atoms with Crippen molar-refractivity contribution in [1.82, 2.24) is 4.57 Å². The first-order valence-electron chi connectivity index (χ1n) is 10.4. The van der Waals surface area contributed by atoms with Gasteiger partial charge in [-0.15, -0.1) is 12.6 Å². The first-order valence-corrected chi connectivity index (χ1v) is 10.8. The van der Waals surface area contributed by atoms with E-state index in [1.807, 2.05) is 30.0 Å². The van der Waals surface area contributed by atoms with Crippen LogP contribution in [0.15, 0.2) is 40.2 Å². The molecule has 11 heteroatoms. The number of pyridine rings is 1. The number of thiol groups is 1. The third kappa shape index (κ3) is 3.97. The quantitative estimate of drug-likeness (QED) is 0.419. The number of nitrogens with zero attached hydrogens (tertiary/aromatic N) is 3. The van der Waals surface area contributed by atoms with Gasteiger partial charge >= 0.3 is 12.1 Å². The van der Waals surface area contributed by atoms with Gasteiger partial charge in [0.25, 0.3) is 0 Å². The second-order valence-corrected chi connectivity index (χ2v) is 8.64. The van der Waals surface area contributed by atoms with E-state index in [1.54, 1.807) is 0 Å². The number of carboxylic acid groups (broad SMARTS) is 1. The zero-order valence-corrected chi connectivity index (χ0v) is 19.2. The Morgan fingerprint density at radius 2 is 1.74 bits per heavy atom. The first kappa shape index (κ1) is 23.9. The molecule has 1 aliphatic rings. The molecule has 1 fully saturated rings. The van der Waals surface area contributed by atoms with Gasteiger partial charge in [-0.2, -0.15) is 13.2 Å². The Morgan fingerprint density at radius 3 is 2.32 bits per heavy atom. The molecular weight excluding hydrogens is 474 g/mol. The predicted molar refractivity (Wildman–Crippen MR) is 124 cm³/mol. The minimum atomic E-state index is -4.99. The molecule has 4 rings (SSSR count). The van der Waals surface area contributed by atoms with E-state index in [4.69, 9.17) is 0 Å². The molecule has 0 spiro atoms. The predicted octanol–water partition coefficient (Wildman–Crippen LogP) is 4.32. The summed E-state index contributed by atoms with van der Waals surface area (Å²) in [7, 11) is 1.20. The number of aryl methyl sites for hydroxylation is 1. The average molecular weight is 495 g/mol. The van der Waals surface area contributed by atoms with Crippen LogP contribution in [0.25, 0.3) is 10.9 Å². The molecule has 180 valence electrons. The van der Waals surface area contributed by atoms with E-state index in [0.717, 1.165) is 26.9 Å². The Labute approximate surface area is 197 Å². The third-order valence-electron chi connectivity index (χ3n) is 6.12. The van der Waals surface area contributed by atoms with E-state index in [-0.39, 0.29) is 13.1 Å². The summed E-state index contributed by atoms with van der Waals surface area (Å²) in [4.78, 5) is 28.0. The number of fused-ring (bicyclic) bond motifs is 1. The smallest absolute Gasteiger partial charge is 0.420 e. The van der Waals surface area contributed by atoms with Crippen LogP contribution in [0.5, 0.6) is 0 Å². The molecule has 3 aromatic rings. The Morgan fingerprint density at radius 1 is 1.12 bits per heavy atom. The van der Waals surface area contributed by atoms with Gasteiger partial charge in [0.15, 0.2) is 0 Å². The SMILES string of the molecule is Cc1c(S)cccc1N1CCN(c2c(F)cc3c(=O)c(C(=O)O)cn(C)c3c2C(F)(F)F)CC1. The van der Waals surface area contributed by atoms with Crippen LogP contribution in [0, 0.1) is 12.7 Å². The van der Waals surface area contributed by atoms with Gasteiger partial charge in [-0.25, -0.2) is 9.18 Å². The second-order valence-electron chi connectivity index (χ2n) is 8.16. The number of halogens is 4. The van der Waals surface area contributed by atoms with E-state index in [9.17, 15) is 27.9 Å². The molecule has 6 nitrogen and oxygen atoms in total. The summed E-state index contributed by atoms with van der Waals surface area (Å²) in [6, 6.07) is 6.29. The maximum absolute atomic E-state index is 15.2. The van der Waals surface area contributed by atoms with Crippen molar-refractivity contribution in [2.45, 2.75) is 18.0 Å². The highest BCUT2D eigenvalue weighted by Gasteiger charge is 2.41. The molecule has 2 heterocycles. The van der Waals surface area contributed by atoms with Crippen molar-refractivity contribution in [2.75, 3.05) is 36.0 Å². The van der Waals surface area contributed by atoms with Crippen molar-refractivity contribution in [3.05, 3.63) is 63.2 Å². The van der Waals surface area contributed by atoms with Crippen molar-refractivity contribution in [3.63, 3.8) is 0 Å². The number of anilines is 2. The number of hydrogen-bond donors (Lipinski definition) is 2. The third-order valence-corrected chi connectivity index (χ3v) is 6.60. The molecule has 0 amide bonds. The highest BCUT2D eigenvalue weighted by molar-refractivity contribution is 7.80. The number of rotatable bonds is 3. The minimum Gasteiger partial charge on any atom is -0.477 e. The molecule has 1 aliphatic heterocycles. The molecule has 0 saturated carbocycles. The highest BCUT2D eigenvalue weighted by Crippen LogP contribution is 2.43. The van der Waals surface area contributed by atoms with Crippen LogP contribution < -0.4 is 15.2 Å². The number of alkyl halides is 3. The van der Waals surface area contributed by atoms with Crippen LogP contribution >= 0.6 is 12.6 Å². The van der Waals surface area contributed by atoms with Crippen molar-refractivity contribution in [2.24, 2.45) is 7.05 Å². The summed E-state index contributed by atoms with van der Waals surface area (Å²) in [6.45, 7) is 2.83. The fourth-order valence-electron chi connectivity index (χ4n) is 4.49. The maximum atomic E-state index is 15.2. The molecule has 2 aromatic carbocycles. The number of piperazine rings is 1. The van der Waals surface area contributed by atoms with Gasteiger partial charge in [0.05, 0.1) is 16.6 Å². The maximum Gasteiger partial charge on any atom is 0.420 e. The molecule has 0 aliphatic carbocycles. The Hall–Kier alpha value is -3.21. The lowest BCUT2D eigenvalue weighted by molar-refractivity contribution is -0.136. The number of carboxylic acids is 1. The Kier molecular flexibility index (Phi) is 6.01. The van der Waals surface area contributed by atoms with Gasteiger partial charge in [0, 0.05) is 50.0 Å². The fourth-order valence-corrected chi connectivity index (χ4v) is 4.69. The van der Waals surface area contributed by atoms with Gasteiger partial charge in [-0.3, -0.25) is 4.79 Å². The molecule has 34 heavy (non-hydrogen) atoms. The standard InChI is InChI=1S/C23H21F4N3O3S/c1-12-16(4-3-5-17(12)34)29-6-8-30(9-7-29)20-15(24)10-13-19(18(20)23(25,26)27)28(2)11-14(21(13)31)22(32)33/h3-5,10-11,34H,6-9H2,1-2H3,(H,32,33). The monoisotopic (exact) mass is 495 g/mol. The number of aromatic carboxylic acids is 1. The molecule has 0 bridgehead atoms. The summed E-state index contributed by atoms with van der Waals surface area (Å²) in [5.74, 6) is -2.82. The molecule has 1 N–H and O–H groups in total. The molecule has 1 aromatic heterocycles. The first-order chi connectivity index (χ1) is 15.9. The Bertz CT molecular complexity index is 1360. The van der Waals surface area contributed by atoms with Gasteiger partial charge < -0.3 is 19.5 Å². The zero-order valence-electron chi connectivity index (χ0n) is 18.3. The molecule has 0 atom stereocenters. The topological polar surface area (TPSA) is 65.8 Å². The Balaban J connectivity index is 1.82. The van der Waals surface area contributed by atoms with Crippen LogP contribution in [-0.2, 0) is 13.2 Å². The van der Waals surface area contributed by atoms with Gasteiger partial charge in [-0.05, 0) is 30.7 Å². The summed E-state index contributed by atoms with van der Waals surface area (Å²) in [5, 5.41) is 8.59. The van der Waals surface area contributed by atoms with E-state index >= 15 is 4.39 Å². The van der Waals surface area contributed by atoms with Gasteiger partial charge in [-0.1, -0.05) is 6.07 Å². The van der Waals surface area contributed by atoms with Crippen molar-refractivity contribution >= 4 is 40.9 Å². The van der Waals surface area contributed by atoms with Crippen molar-refractivity contribution in [1.29, 1.82) is 0 Å². The number of hydrogen-bond acceptors (Lipinski definition) is 5. The van der Waals surface area contributed by atoms with E-state index in [1.165, 1.54) is 11.9 Å². The van der Waals surface area contributed by atoms with E-state index in [0.29, 0.717) is 19.2 Å². The number of aromatic nitrogens is 1. The summed E-state index contributed by atoms with van der Waals surface area (Å²) >= 11 is 4.42. The largest absolute Gasteiger partial charge is 0.477 e. The summed E-state index contributed by atoms with van der Waals surface area (Å²) in [6.07, 6.45) is -4.16. The highest BCUT2D eigenvalue weighted by atomic mass is 32.1. The van der Waals surface area contributed by atoms with E-state index in [2.05, 4.69) is 12.6 Å². The lowest BCUT2D eigenvalue weighted by Gasteiger charge is -2.39. The van der Waals surface area contributed by atoms with Crippen LogP contribution in [0.3, 0.4) is 0 Å². The number of carbonyl (C=O) groups is 1. The van der Waals surface area contributed by atoms with Crippen LogP contribution in [0.2, 0.25) is 0 Å². The van der Waals surface area contributed by atoms with Gasteiger partial charge in [0.1, 0.15) is 16.9 Å². The van der Waals surface area contributed by atoms with Crippen LogP contribution in [-0.4, -0.2) is 41.8 Å². The van der Waals surface area contributed by atoms with E-state index < -0.39 is 51.1 Å². The van der Waals surface area contributed by atoms with Crippen molar-refractivity contribution in [3.8, 4) is 0 Å². The lowest BCUT2D eigenvalue weighted by Crippen LogP contribution is -2.47. The normalized spacial score (nSPS) is 14.7. The van der Waals surface area contributed by atoms with Crippen LogP contribution in [0.1, 0.15) is 21.5 Å².